The number of ether oxygens (including phenoxy) is 3. The van der Waals surface area contributed by atoms with Crippen LogP contribution in [0.4, 0.5) is 15.8 Å². The highest BCUT2D eigenvalue weighted by atomic mass is 19.1. The van der Waals surface area contributed by atoms with Crippen molar-refractivity contribution in [2.75, 3.05) is 26.6 Å². The highest BCUT2D eigenvalue weighted by Crippen LogP contribution is 2.35. The molecule has 25 heavy (non-hydrogen) atoms. The van der Waals surface area contributed by atoms with E-state index in [1.165, 1.54) is 39.5 Å². The van der Waals surface area contributed by atoms with Crippen molar-refractivity contribution < 1.29 is 28.3 Å². The minimum atomic E-state index is -0.994. The fourth-order valence-electron chi connectivity index (χ4n) is 2.14. The Morgan fingerprint density at radius 1 is 1.04 bits per heavy atom. The Balaban J connectivity index is 2.38. The van der Waals surface area contributed by atoms with E-state index >= 15 is 0 Å². The fourth-order valence-corrected chi connectivity index (χ4v) is 2.14. The molecular formula is C16H15FN2O6. The first-order chi connectivity index (χ1) is 11.9. The molecule has 0 atom stereocenters. The van der Waals surface area contributed by atoms with Gasteiger partial charge in [0, 0.05) is 23.9 Å². The molecule has 0 radical (unpaired) electrons. The van der Waals surface area contributed by atoms with Crippen LogP contribution in [0, 0.1) is 15.9 Å². The van der Waals surface area contributed by atoms with Gasteiger partial charge < -0.3 is 19.5 Å². The summed E-state index contributed by atoms with van der Waals surface area (Å²) in [4.78, 5) is 22.4. The van der Waals surface area contributed by atoms with E-state index in [2.05, 4.69) is 5.32 Å². The van der Waals surface area contributed by atoms with Crippen molar-refractivity contribution in [2.45, 2.75) is 0 Å². The number of benzene rings is 2. The van der Waals surface area contributed by atoms with Crippen LogP contribution in [0.1, 0.15) is 10.4 Å². The number of carbonyl (C=O) groups excluding carboxylic acids is 1. The first-order valence-corrected chi connectivity index (χ1v) is 6.96. The molecule has 0 heterocycles. The van der Waals surface area contributed by atoms with Gasteiger partial charge in [-0.3, -0.25) is 14.9 Å². The van der Waals surface area contributed by atoms with Gasteiger partial charge in [0.2, 0.25) is 5.82 Å². The molecule has 132 valence electrons. The fraction of sp³-hybridized carbons (Fsp3) is 0.188. The lowest BCUT2D eigenvalue weighted by Crippen LogP contribution is -2.14. The summed E-state index contributed by atoms with van der Waals surface area (Å²) >= 11 is 0. The molecule has 0 spiro atoms. The van der Waals surface area contributed by atoms with E-state index in [1.54, 1.807) is 0 Å². The second-order valence-corrected chi connectivity index (χ2v) is 4.78. The number of rotatable bonds is 6. The molecule has 0 bridgehead atoms. The number of nitro groups is 1. The second-order valence-electron chi connectivity index (χ2n) is 4.78. The summed E-state index contributed by atoms with van der Waals surface area (Å²) in [5.41, 5.74) is -0.556. The predicted molar refractivity (Wildman–Crippen MR) is 87.1 cm³/mol. The molecule has 2 rings (SSSR count). The third-order valence-corrected chi connectivity index (χ3v) is 3.35. The molecule has 0 saturated carbocycles. The van der Waals surface area contributed by atoms with Crippen LogP contribution < -0.4 is 19.5 Å². The van der Waals surface area contributed by atoms with Crippen molar-refractivity contribution in [1.29, 1.82) is 0 Å². The molecular weight excluding hydrogens is 335 g/mol. The molecule has 0 aliphatic rings. The van der Waals surface area contributed by atoms with Crippen LogP contribution in [0.25, 0.3) is 0 Å². The molecule has 1 N–H and O–H groups in total. The standard InChI is InChI=1S/C16H15FN2O6/c1-23-13-8-15(25-3)14(24-2)7-10(13)16(20)18-9-4-5-11(17)12(6-9)19(21)22/h4-8H,1-3H3,(H,18,20). The van der Waals surface area contributed by atoms with Gasteiger partial charge in [-0.25, -0.2) is 0 Å². The summed E-state index contributed by atoms with van der Waals surface area (Å²) in [6.45, 7) is 0. The van der Waals surface area contributed by atoms with Gasteiger partial charge >= 0.3 is 5.69 Å². The monoisotopic (exact) mass is 350 g/mol. The smallest absolute Gasteiger partial charge is 0.306 e. The molecule has 0 aromatic heterocycles. The lowest BCUT2D eigenvalue weighted by atomic mass is 10.1. The van der Waals surface area contributed by atoms with Crippen LogP contribution in [-0.4, -0.2) is 32.2 Å². The van der Waals surface area contributed by atoms with E-state index in [9.17, 15) is 19.3 Å². The van der Waals surface area contributed by atoms with Gasteiger partial charge in [0.1, 0.15) is 5.75 Å². The van der Waals surface area contributed by atoms with E-state index in [0.29, 0.717) is 11.5 Å². The average molecular weight is 350 g/mol. The number of hydrogen-bond donors (Lipinski definition) is 1. The molecule has 1 amide bonds. The number of methoxy groups -OCH3 is 3. The van der Waals surface area contributed by atoms with E-state index < -0.39 is 22.3 Å². The topological polar surface area (TPSA) is 99.9 Å². The van der Waals surface area contributed by atoms with Crippen molar-refractivity contribution in [1.82, 2.24) is 0 Å². The zero-order valence-electron chi connectivity index (χ0n) is 13.7. The molecule has 0 unspecified atom stereocenters. The average Bonchev–Trinajstić information content (AvgIpc) is 2.61. The number of halogens is 1. The van der Waals surface area contributed by atoms with E-state index in [4.69, 9.17) is 14.2 Å². The zero-order valence-corrected chi connectivity index (χ0v) is 13.7. The molecule has 0 aliphatic carbocycles. The summed E-state index contributed by atoms with van der Waals surface area (Å²) in [7, 11) is 4.23. The minimum Gasteiger partial charge on any atom is -0.496 e. The predicted octanol–water partition coefficient (Wildman–Crippen LogP) is 3.01. The Morgan fingerprint density at radius 3 is 2.20 bits per heavy atom. The van der Waals surface area contributed by atoms with E-state index in [-0.39, 0.29) is 17.0 Å². The third kappa shape index (κ3) is 3.77. The van der Waals surface area contributed by atoms with Gasteiger partial charge in [0.15, 0.2) is 11.5 Å². The first kappa shape index (κ1) is 18.0. The highest BCUT2D eigenvalue weighted by Gasteiger charge is 2.20. The number of carbonyl (C=O) groups is 1. The maximum Gasteiger partial charge on any atom is 0.306 e. The van der Waals surface area contributed by atoms with Crippen molar-refractivity contribution in [3.63, 3.8) is 0 Å². The van der Waals surface area contributed by atoms with Gasteiger partial charge in [-0.2, -0.15) is 4.39 Å². The highest BCUT2D eigenvalue weighted by molar-refractivity contribution is 6.06. The third-order valence-electron chi connectivity index (χ3n) is 3.35. The second kappa shape index (κ2) is 7.47. The van der Waals surface area contributed by atoms with Gasteiger partial charge in [0.05, 0.1) is 31.8 Å². The molecule has 2 aromatic rings. The van der Waals surface area contributed by atoms with Gasteiger partial charge in [-0.05, 0) is 12.1 Å². The van der Waals surface area contributed by atoms with Crippen LogP contribution in [0.5, 0.6) is 17.2 Å². The van der Waals surface area contributed by atoms with E-state index in [1.807, 2.05) is 0 Å². The van der Waals surface area contributed by atoms with E-state index in [0.717, 1.165) is 12.1 Å². The number of anilines is 1. The molecule has 9 heteroatoms. The minimum absolute atomic E-state index is 0.0648. The van der Waals surface area contributed by atoms with Gasteiger partial charge in [-0.1, -0.05) is 0 Å². The Kier molecular flexibility index (Phi) is 5.38. The van der Waals surface area contributed by atoms with Crippen molar-refractivity contribution >= 4 is 17.3 Å². The van der Waals surface area contributed by atoms with Gasteiger partial charge in [-0.15, -0.1) is 0 Å². The Labute approximate surface area is 142 Å². The Morgan fingerprint density at radius 2 is 1.64 bits per heavy atom. The maximum atomic E-state index is 13.4. The molecule has 0 fully saturated rings. The SMILES string of the molecule is COc1cc(OC)c(C(=O)Nc2ccc(F)c([N+](=O)[O-])c2)cc1OC. The zero-order chi connectivity index (χ0) is 18.6. The van der Waals surface area contributed by atoms with Crippen LogP contribution in [0.2, 0.25) is 0 Å². The van der Waals surface area contributed by atoms with Crippen molar-refractivity contribution in [3.8, 4) is 17.2 Å². The molecule has 8 nitrogen and oxygen atoms in total. The summed E-state index contributed by atoms with van der Waals surface area (Å²) < 4.78 is 28.8. The number of amides is 1. The lowest BCUT2D eigenvalue weighted by Gasteiger charge is -2.14. The van der Waals surface area contributed by atoms with Crippen LogP contribution >= 0.6 is 0 Å². The molecule has 0 aliphatic heterocycles. The maximum absolute atomic E-state index is 13.4. The number of nitrogens with zero attached hydrogens (tertiary/aromatic N) is 1. The lowest BCUT2D eigenvalue weighted by molar-refractivity contribution is -0.387. The number of nitro benzene ring substituents is 1. The van der Waals surface area contributed by atoms with Gasteiger partial charge in [0.25, 0.3) is 5.91 Å². The van der Waals surface area contributed by atoms with Crippen LogP contribution in [0.15, 0.2) is 30.3 Å². The summed E-state index contributed by atoms with van der Waals surface area (Å²) in [5, 5.41) is 13.2. The number of hydrogen-bond acceptors (Lipinski definition) is 6. The Hall–Kier alpha value is -3.36. The quantitative estimate of drug-likeness (QED) is 0.635. The first-order valence-electron chi connectivity index (χ1n) is 6.96. The molecule has 0 saturated heterocycles. The van der Waals surface area contributed by atoms with Crippen molar-refractivity contribution in [3.05, 3.63) is 51.8 Å². The molecule has 2 aromatic carbocycles. The van der Waals surface area contributed by atoms with Crippen LogP contribution in [-0.2, 0) is 0 Å². The van der Waals surface area contributed by atoms with Crippen molar-refractivity contribution in [2.24, 2.45) is 0 Å². The number of nitrogens with one attached hydrogen (secondary N) is 1. The normalized spacial score (nSPS) is 10.1. The summed E-state index contributed by atoms with van der Waals surface area (Å²) in [6, 6.07) is 5.93. The largest absolute Gasteiger partial charge is 0.496 e. The summed E-state index contributed by atoms with van der Waals surface area (Å²) in [6.07, 6.45) is 0. The van der Waals surface area contributed by atoms with Crippen LogP contribution in [0.3, 0.4) is 0 Å². The summed E-state index contributed by atoms with van der Waals surface area (Å²) in [5.74, 6) is -0.718. The Bertz CT molecular complexity index is 825.